The second-order valence-electron chi connectivity index (χ2n) is 4.98. The highest BCUT2D eigenvalue weighted by molar-refractivity contribution is 5.79. The largest absolute Gasteiger partial charge is 0.347 e. The molecule has 4 nitrogen and oxygen atoms in total. The zero-order valence-corrected chi connectivity index (χ0v) is 11.5. The van der Waals surface area contributed by atoms with Crippen LogP contribution >= 0.6 is 0 Å². The van der Waals surface area contributed by atoms with E-state index in [0.717, 1.165) is 13.0 Å². The van der Waals surface area contributed by atoms with Crippen molar-refractivity contribution in [2.24, 2.45) is 0 Å². The lowest BCUT2D eigenvalue weighted by Gasteiger charge is -2.10. The van der Waals surface area contributed by atoms with E-state index in [0.29, 0.717) is 6.54 Å². The van der Waals surface area contributed by atoms with E-state index in [1.54, 1.807) is 0 Å². The molecular formula is C15H21N3O. The van der Waals surface area contributed by atoms with E-state index < -0.39 is 0 Å². The number of rotatable bonds is 5. The van der Waals surface area contributed by atoms with E-state index in [-0.39, 0.29) is 12.1 Å². The summed E-state index contributed by atoms with van der Waals surface area (Å²) >= 11 is 0. The van der Waals surface area contributed by atoms with Gasteiger partial charge in [-0.15, -0.1) is 0 Å². The van der Waals surface area contributed by atoms with Gasteiger partial charge in [0, 0.05) is 30.8 Å². The summed E-state index contributed by atoms with van der Waals surface area (Å²) in [5, 5.41) is 6.93. The molecule has 0 aliphatic heterocycles. The Bertz CT molecular complexity index is 545. The van der Waals surface area contributed by atoms with Crippen LogP contribution in [0, 0.1) is 0 Å². The summed E-state index contributed by atoms with van der Waals surface area (Å²) in [6.07, 6.45) is 3.02. The SMILES string of the molecule is CC(C)NC(=O)NCCCn1ccc2ccccc21. The number of urea groups is 1. The van der Waals surface area contributed by atoms with Crippen molar-refractivity contribution in [2.75, 3.05) is 6.54 Å². The van der Waals surface area contributed by atoms with E-state index in [1.165, 1.54) is 10.9 Å². The van der Waals surface area contributed by atoms with Crippen molar-refractivity contribution in [1.82, 2.24) is 15.2 Å². The average Bonchev–Trinajstić information content (AvgIpc) is 2.77. The van der Waals surface area contributed by atoms with Gasteiger partial charge in [0.15, 0.2) is 0 Å². The summed E-state index contributed by atoms with van der Waals surface area (Å²) in [5.41, 5.74) is 1.24. The minimum atomic E-state index is -0.0904. The van der Waals surface area contributed by atoms with E-state index in [2.05, 4.69) is 39.6 Å². The first-order valence-electron chi connectivity index (χ1n) is 6.75. The zero-order valence-electron chi connectivity index (χ0n) is 11.5. The lowest BCUT2D eigenvalue weighted by atomic mass is 10.2. The van der Waals surface area contributed by atoms with Gasteiger partial charge in [-0.3, -0.25) is 0 Å². The number of para-hydroxylation sites is 1. The molecule has 0 radical (unpaired) electrons. The maximum Gasteiger partial charge on any atom is 0.314 e. The van der Waals surface area contributed by atoms with E-state index in [9.17, 15) is 4.79 Å². The first-order chi connectivity index (χ1) is 9.16. The van der Waals surface area contributed by atoms with Gasteiger partial charge >= 0.3 is 6.03 Å². The number of carbonyl (C=O) groups is 1. The van der Waals surface area contributed by atoms with Crippen LogP contribution in [0.15, 0.2) is 36.5 Å². The van der Waals surface area contributed by atoms with E-state index in [4.69, 9.17) is 0 Å². The number of fused-ring (bicyclic) bond motifs is 1. The Hall–Kier alpha value is -1.97. The number of nitrogens with zero attached hydrogens (tertiary/aromatic N) is 1. The second kappa shape index (κ2) is 6.27. The molecule has 102 valence electrons. The topological polar surface area (TPSA) is 46.1 Å². The second-order valence-corrected chi connectivity index (χ2v) is 4.98. The van der Waals surface area contributed by atoms with Gasteiger partial charge in [-0.2, -0.15) is 0 Å². The maximum atomic E-state index is 11.4. The molecule has 0 spiro atoms. The number of hydrogen-bond donors (Lipinski definition) is 2. The highest BCUT2D eigenvalue weighted by Gasteiger charge is 2.02. The molecule has 0 saturated heterocycles. The van der Waals surface area contributed by atoms with Gasteiger partial charge in [-0.25, -0.2) is 4.79 Å². The molecule has 0 saturated carbocycles. The van der Waals surface area contributed by atoms with Crippen LogP contribution < -0.4 is 10.6 Å². The summed E-state index contributed by atoms with van der Waals surface area (Å²) < 4.78 is 2.22. The van der Waals surface area contributed by atoms with Crippen molar-refractivity contribution in [3.8, 4) is 0 Å². The van der Waals surface area contributed by atoms with Crippen LogP contribution in [0.2, 0.25) is 0 Å². The number of amides is 2. The summed E-state index contributed by atoms with van der Waals surface area (Å²) in [5.74, 6) is 0. The third-order valence-corrected chi connectivity index (χ3v) is 2.96. The predicted octanol–water partition coefficient (Wildman–Crippen LogP) is 2.74. The first kappa shape index (κ1) is 13.5. The van der Waals surface area contributed by atoms with Crippen molar-refractivity contribution in [3.63, 3.8) is 0 Å². The normalized spacial score (nSPS) is 10.9. The molecule has 0 bridgehead atoms. The summed E-state index contributed by atoms with van der Waals surface area (Å²) in [6, 6.07) is 10.5. The van der Waals surface area contributed by atoms with Gasteiger partial charge in [0.1, 0.15) is 0 Å². The molecule has 1 heterocycles. The van der Waals surface area contributed by atoms with Gasteiger partial charge in [0.25, 0.3) is 0 Å². The Morgan fingerprint density at radius 3 is 2.84 bits per heavy atom. The predicted molar refractivity (Wildman–Crippen MR) is 78.2 cm³/mol. The number of hydrogen-bond acceptors (Lipinski definition) is 1. The fourth-order valence-electron chi connectivity index (χ4n) is 2.10. The Labute approximate surface area is 113 Å². The first-order valence-corrected chi connectivity index (χ1v) is 6.75. The Kier molecular flexibility index (Phi) is 4.44. The smallest absolute Gasteiger partial charge is 0.314 e. The summed E-state index contributed by atoms with van der Waals surface area (Å²) in [7, 11) is 0. The molecule has 2 rings (SSSR count). The standard InChI is InChI=1S/C15H21N3O/c1-12(2)17-15(19)16-9-5-10-18-11-8-13-6-3-4-7-14(13)18/h3-4,6-8,11-12H,5,9-10H2,1-2H3,(H2,16,17,19). The Balaban J connectivity index is 1.78. The molecule has 2 N–H and O–H groups in total. The molecule has 0 unspecified atom stereocenters. The van der Waals surface area contributed by atoms with Gasteiger partial charge in [-0.1, -0.05) is 18.2 Å². The minimum absolute atomic E-state index is 0.0904. The van der Waals surface area contributed by atoms with Crippen molar-refractivity contribution < 1.29 is 4.79 Å². The highest BCUT2D eigenvalue weighted by atomic mass is 16.2. The molecule has 0 aliphatic carbocycles. The maximum absolute atomic E-state index is 11.4. The molecule has 2 aromatic rings. The van der Waals surface area contributed by atoms with Crippen molar-refractivity contribution in [3.05, 3.63) is 36.5 Å². The van der Waals surface area contributed by atoms with Crippen LogP contribution in [0.25, 0.3) is 10.9 Å². The highest BCUT2D eigenvalue weighted by Crippen LogP contribution is 2.14. The van der Waals surface area contributed by atoms with E-state index in [1.807, 2.05) is 26.0 Å². The number of aromatic nitrogens is 1. The Morgan fingerprint density at radius 1 is 1.26 bits per heavy atom. The lowest BCUT2D eigenvalue weighted by Crippen LogP contribution is -2.39. The number of aryl methyl sites for hydroxylation is 1. The van der Waals surface area contributed by atoms with Gasteiger partial charge in [0.2, 0.25) is 0 Å². The van der Waals surface area contributed by atoms with E-state index >= 15 is 0 Å². The monoisotopic (exact) mass is 259 g/mol. The fourth-order valence-corrected chi connectivity index (χ4v) is 2.10. The van der Waals surface area contributed by atoms with Gasteiger partial charge < -0.3 is 15.2 Å². The summed E-state index contributed by atoms with van der Waals surface area (Å²) in [6.45, 7) is 5.50. The van der Waals surface area contributed by atoms with Crippen LogP contribution in [-0.2, 0) is 6.54 Å². The fraction of sp³-hybridized carbons (Fsp3) is 0.400. The van der Waals surface area contributed by atoms with Gasteiger partial charge in [0.05, 0.1) is 0 Å². The third-order valence-electron chi connectivity index (χ3n) is 2.96. The molecule has 1 aromatic heterocycles. The molecule has 0 atom stereocenters. The molecule has 2 amide bonds. The molecule has 4 heteroatoms. The van der Waals surface area contributed by atoms with Crippen molar-refractivity contribution >= 4 is 16.9 Å². The van der Waals surface area contributed by atoms with Crippen LogP contribution in [-0.4, -0.2) is 23.2 Å². The molecule has 0 aliphatic rings. The van der Waals surface area contributed by atoms with Crippen LogP contribution in [0.4, 0.5) is 4.79 Å². The number of benzene rings is 1. The van der Waals surface area contributed by atoms with Gasteiger partial charge in [-0.05, 0) is 37.8 Å². The minimum Gasteiger partial charge on any atom is -0.347 e. The Morgan fingerprint density at radius 2 is 2.05 bits per heavy atom. The summed E-state index contributed by atoms with van der Waals surface area (Å²) in [4.78, 5) is 11.4. The van der Waals surface area contributed by atoms with Crippen LogP contribution in [0.1, 0.15) is 20.3 Å². The van der Waals surface area contributed by atoms with Crippen molar-refractivity contribution in [2.45, 2.75) is 32.9 Å². The molecular weight excluding hydrogens is 238 g/mol. The molecule has 1 aromatic carbocycles. The van der Waals surface area contributed by atoms with Crippen LogP contribution in [0.5, 0.6) is 0 Å². The molecule has 0 fully saturated rings. The van der Waals surface area contributed by atoms with Crippen LogP contribution in [0.3, 0.4) is 0 Å². The zero-order chi connectivity index (χ0) is 13.7. The third kappa shape index (κ3) is 3.74. The lowest BCUT2D eigenvalue weighted by molar-refractivity contribution is 0.238. The quantitative estimate of drug-likeness (QED) is 0.797. The van der Waals surface area contributed by atoms with Crippen molar-refractivity contribution in [1.29, 1.82) is 0 Å². The number of carbonyl (C=O) groups excluding carboxylic acids is 1. The average molecular weight is 259 g/mol. The number of nitrogens with one attached hydrogen (secondary N) is 2. The molecule has 19 heavy (non-hydrogen) atoms.